The van der Waals surface area contributed by atoms with Crippen LogP contribution < -0.4 is 10.6 Å². The third-order valence-electron chi connectivity index (χ3n) is 6.08. The molecule has 33 heavy (non-hydrogen) atoms. The van der Waals surface area contributed by atoms with Gasteiger partial charge in [0.15, 0.2) is 0 Å². The lowest BCUT2D eigenvalue weighted by Gasteiger charge is -2.21. The number of nitrogens with zero attached hydrogens (tertiary/aromatic N) is 3. The summed E-state index contributed by atoms with van der Waals surface area (Å²) in [4.78, 5) is 8.88. The highest BCUT2D eigenvalue weighted by molar-refractivity contribution is 6.38. The molecule has 2 heterocycles. The van der Waals surface area contributed by atoms with Crippen LogP contribution in [-0.2, 0) is 10.8 Å². The van der Waals surface area contributed by atoms with Crippen LogP contribution in [0.2, 0.25) is 0 Å². The number of hydrogen-bond acceptors (Lipinski definition) is 7. The van der Waals surface area contributed by atoms with Gasteiger partial charge in [-0.25, -0.2) is 14.4 Å². The third-order valence-corrected chi connectivity index (χ3v) is 6.08. The standard InChI is InChI=1S/C23H24B2FN5O2/c1-12-5-17(26)15(23(24,25)33)8-19(12)31-21-28-4-3-18(30-21)13-6-14(9-27)20-16(7-13)22(2,11-32)10-29-20/h3-8,29,32-33H,10-11,24-25H2,1-2H3,(H,28,30,31)/t22-/m1/s1. The van der Waals surface area contributed by atoms with Crippen molar-refractivity contribution in [1.82, 2.24) is 9.97 Å². The first-order chi connectivity index (χ1) is 15.6. The number of nitriles is 1. The first-order valence-electron chi connectivity index (χ1n) is 10.6. The van der Waals surface area contributed by atoms with Crippen molar-refractivity contribution in [2.24, 2.45) is 0 Å². The van der Waals surface area contributed by atoms with Crippen LogP contribution in [0.25, 0.3) is 11.3 Å². The van der Waals surface area contributed by atoms with Gasteiger partial charge in [0.05, 0.1) is 23.6 Å². The van der Waals surface area contributed by atoms with Crippen LogP contribution >= 0.6 is 0 Å². The van der Waals surface area contributed by atoms with E-state index in [0.717, 1.165) is 16.8 Å². The van der Waals surface area contributed by atoms with Crippen molar-refractivity contribution in [3.05, 3.63) is 64.6 Å². The van der Waals surface area contributed by atoms with Gasteiger partial charge in [0.25, 0.3) is 0 Å². The fourth-order valence-corrected chi connectivity index (χ4v) is 4.04. The van der Waals surface area contributed by atoms with Crippen LogP contribution in [0.3, 0.4) is 0 Å². The zero-order valence-electron chi connectivity index (χ0n) is 19.0. The summed E-state index contributed by atoms with van der Waals surface area (Å²) >= 11 is 0. The number of aryl methyl sites for hydroxylation is 1. The van der Waals surface area contributed by atoms with E-state index in [9.17, 15) is 19.9 Å². The summed E-state index contributed by atoms with van der Waals surface area (Å²) in [6.07, 6.45) is 1.60. The number of rotatable bonds is 5. The van der Waals surface area contributed by atoms with Crippen molar-refractivity contribution < 1.29 is 14.6 Å². The number of benzene rings is 2. The molecule has 10 heteroatoms. The number of aliphatic hydroxyl groups is 2. The van der Waals surface area contributed by atoms with E-state index in [4.69, 9.17) is 0 Å². The van der Waals surface area contributed by atoms with Gasteiger partial charge in [-0.2, -0.15) is 5.26 Å². The van der Waals surface area contributed by atoms with Gasteiger partial charge in [-0.15, -0.1) is 0 Å². The highest BCUT2D eigenvalue weighted by atomic mass is 19.1. The molecule has 0 saturated carbocycles. The number of hydrogen-bond donors (Lipinski definition) is 4. The zero-order chi connectivity index (χ0) is 24.0. The van der Waals surface area contributed by atoms with E-state index >= 15 is 0 Å². The summed E-state index contributed by atoms with van der Waals surface area (Å²) in [7, 11) is 3.05. The summed E-state index contributed by atoms with van der Waals surface area (Å²) < 4.78 is 14.4. The molecular weight excluding hydrogens is 419 g/mol. The van der Waals surface area contributed by atoms with Gasteiger partial charge in [-0.05, 0) is 48.4 Å². The first kappa shape index (κ1) is 22.8. The number of anilines is 3. The lowest BCUT2D eigenvalue weighted by atomic mass is 9.61. The Bertz CT molecular complexity index is 1290. The molecule has 2 aromatic carbocycles. The fourth-order valence-electron chi connectivity index (χ4n) is 4.04. The van der Waals surface area contributed by atoms with Gasteiger partial charge in [0.1, 0.15) is 27.6 Å². The molecule has 166 valence electrons. The lowest BCUT2D eigenvalue weighted by Crippen LogP contribution is -2.28. The molecule has 0 bridgehead atoms. The topological polar surface area (TPSA) is 114 Å². The largest absolute Gasteiger partial charge is 0.403 e. The lowest BCUT2D eigenvalue weighted by molar-refractivity contribution is 0.211. The molecular formula is C23H24B2FN5O2. The van der Waals surface area contributed by atoms with Gasteiger partial charge >= 0.3 is 0 Å². The molecule has 0 saturated heterocycles. The SMILES string of the molecule is BC(B)(O)c1cc(Nc2nccc(-c3cc(C#N)c4c(c3)[C@@](C)(CO)CN4)n2)c(C)cc1F. The van der Waals surface area contributed by atoms with Crippen molar-refractivity contribution in [3.63, 3.8) is 0 Å². The van der Waals surface area contributed by atoms with Gasteiger partial charge < -0.3 is 20.8 Å². The van der Waals surface area contributed by atoms with Crippen LogP contribution in [0.1, 0.15) is 29.2 Å². The zero-order valence-corrected chi connectivity index (χ0v) is 19.0. The average Bonchev–Trinajstić information content (AvgIpc) is 3.11. The van der Waals surface area contributed by atoms with E-state index in [1.807, 2.05) is 13.0 Å². The van der Waals surface area contributed by atoms with Gasteiger partial charge in [-0.1, -0.05) is 6.92 Å². The average molecular weight is 443 g/mol. The Morgan fingerprint density at radius 2 is 2.09 bits per heavy atom. The molecule has 1 aromatic heterocycles. The predicted molar refractivity (Wildman–Crippen MR) is 131 cm³/mol. The Labute approximate surface area is 193 Å². The van der Waals surface area contributed by atoms with Gasteiger partial charge in [0.2, 0.25) is 5.95 Å². The Kier molecular flexibility index (Phi) is 5.64. The molecule has 0 spiro atoms. The van der Waals surface area contributed by atoms with Crippen molar-refractivity contribution in [3.8, 4) is 17.3 Å². The van der Waals surface area contributed by atoms with Crippen LogP contribution in [0, 0.1) is 24.1 Å². The Hall–Kier alpha value is -3.41. The molecule has 1 atom stereocenters. The highest BCUT2D eigenvalue weighted by Crippen LogP contribution is 2.41. The molecule has 1 aliphatic rings. The number of nitrogens with one attached hydrogen (secondary N) is 2. The maximum absolute atomic E-state index is 14.4. The second-order valence-corrected chi connectivity index (χ2v) is 9.23. The second kappa shape index (κ2) is 8.18. The number of aliphatic hydroxyl groups excluding tert-OH is 1. The smallest absolute Gasteiger partial charge is 0.227 e. The summed E-state index contributed by atoms with van der Waals surface area (Å²) in [5, 5.41) is 34.9. The molecule has 0 radical (unpaired) electrons. The second-order valence-electron chi connectivity index (χ2n) is 9.23. The fraction of sp³-hybridized carbons (Fsp3) is 0.261. The monoisotopic (exact) mass is 443 g/mol. The highest BCUT2D eigenvalue weighted by Gasteiger charge is 2.36. The van der Waals surface area contributed by atoms with Crippen LogP contribution in [0.15, 0.2) is 36.5 Å². The number of fused-ring (bicyclic) bond motifs is 1. The van der Waals surface area contributed by atoms with Crippen LogP contribution in [0.5, 0.6) is 0 Å². The Morgan fingerprint density at radius 1 is 1.33 bits per heavy atom. The minimum atomic E-state index is -1.34. The van der Waals surface area contributed by atoms with Crippen molar-refractivity contribution in [2.75, 3.05) is 23.8 Å². The normalized spacial score (nSPS) is 17.2. The van der Waals surface area contributed by atoms with Crippen molar-refractivity contribution in [1.29, 1.82) is 5.26 Å². The van der Waals surface area contributed by atoms with E-state index in [1.165, 1.54) is 21.8 Å². The molecule has 7 nitrogen and oxygen atoms in total. The maximum atomic E-state index is 14.4. The Morgan fingerprint density at radius 3 is 2.76 bits per heavy atom. The third kappa shape index (κ3) is 4.17. The molecule has 1 aliphatic heterocycles. The van der Waals surface area contributed by atoms with E-state index in [1.54, 1.807) is 31.3 Å². The molecule has 0 aliphatic carbocycles. The first-order valence-corrected chi connectivity index (χ1v) is 10.6. The van der Waals surface area contributed by atoms with Crippen molar-refractivity contribution in [2.45, 2.75) is 24.7 Å². The van der Waals surface area contributed by atoms with Crippen LogP contribution in [-0.4, -0.2) is 49.0 Å². The molecule has 0 unspecified atom stereocenters. The van der Waals surface area contributed by atoms with E-state index < -0.39 is 16.6 Å². The number of halogens is 1. The quantitative estimate of drug-likeness (QED) is 0.439. The van der Waals surface area contributed by atoms with E-state index in [-0.39, 0.29) is 12.2 Å². The predicted octanol–water partition coefficient (Wildman–Crippen LogP) is 1.25. The molecule has 0 amide bonds. The number of aromatic nitrogens is 2. The molecule has 0 fully saturated rings. The molecule has 3 aromatic rings. The van der Waals surface area contributed by atoms with Crippen LogP contribution in [0.4, 0.5) is 21.7 Å². The summed E-state index contributed by atoms with van der Waals surface area (Å²) in [6, 6.07) is 10.6. The van der Waals surface area contributed by atoms with E-state index in [0.29, 0.717) is 35.0 Å². The molecule has 4 rings (SSSR count). The van der Waals surface area contributed by atoms with Crippen molar-refractivity contribution >= 4 is 33.0 Å². The Balaban J connectivity index is 1.74. The summed E-state index contributed by atoms with van der Waals surface area (Å²) in [5.74, 6) is -0.186. The van der Waals surface area contributed by atoms with E-state index in [2.05, 4.69) is 26.7 Å². The van der Waals surface area contributed by atoms with Gasteiger partial charge in [0, 0.05) is 40.4 Å². The maximum Gasteiger partial charge on any atom is 0.227 e. The molecule has 4 N–H and O–H groups in total. The summed E-state index contributed by atoms with van der Waals surface area (Å²) in [5.41, 5.74) is 4.31. The minimum absolute atomic E-state index is 0.0503. The summed E-state index contributed by atoms with van der Waals surface area (Å²) in [6.45, 7) is 4.19. The minimum Gasteiger partial charge on any atom is -0.403 e. The van der Waals surface area contributed by atoms with Gasteiger partial charge in [-0.3, -0.25) is 0 Å².